The molecule has 3 aromatic rings. The molecule has 2 amide bonds. The molecule has 0 fully saturated rings. The number of benzene rings is 2. The summed E-state index contributed by atoms with van der Waals surface area (Å²) in [7, 11) is 0. The normalized spacial score (nSPS) is 14.7. The lowest BCUT2D eigenvalue weighted by molar-refractivity contribution is -0.149. The van der Waals surface area contributed by atoms with Gasteiger partial charge in [0.1, 0.15) is 17.4 Å². The molecular weight excluding hydrogens is 430 g/mol. The molecule has 1 aromatic heterocycles. The SMILES string of the molecule is Cc1ccc(NC(=O)Cc2nc(COC(=O)C[C@@H]3Oc4ccccc4NC3=O)cs2)cc1. The quantitative estimate of drug-likeness (QED) is 0.533. The molecular formula is C23H21N3O5S. The third-order valence-corrected chi connectivity index (χ3v) is 5.58. The Balaban J connectivity index is 1.24. The molecule has 4 rings (SSSR count). The monoisotopic (exact) mass is 451 g/mol. The largest absolute Gasteiger partial charge is 0.478 e. The highest BCUT2D eigenvalue weighted by Gasteiger charge is 2.30. The Morgan fingerprint density at radius 1 is 1.19 bits per heavy atom. The topological polar surface area (TPSA) is 107 Å². The minimum Gasteiger partial charge on any atom is -0.478 e. The maximum absolute atomic E-state index is 12.2. The number of para-hydroxylation sites is 2. The fraction of sp³-hybridized carbons (Fsp3) is 0.217. The second-order valence-electron chi connectivity index (χ2n) is 7.28. The number of nitrogens with one attached hydrogen (secondary N) is 2. The van der Waals surface area contributed by atoms with E-state index in [1.54, 1.807) is 29.6 Å². The Bertz CT molecular complexity index is 1140. The van der Waals surface area contributed by atoms with Crippen LogP contribution in [0.25, 0.3) is 0 Å². The molecule has 0 saturated carbocycles. The number of thiazole rings is 1. The number of ether oxygens (including phenoxy) is 2. The van der Waals surface area contributed by atoms with Crippen molar-refractivity contribution < 1.29 is 23.9 Å². The summed E-state index contributed by atoms with van der Waals surface area (Å²) in [6.45, 7) is 1.94. The van der Waals surface area contributed by atoms with Gasteiger partial charge in [0.2, 0.25) is 5.91 Å². The van der Waals surface area contributed by atoms with Crippen molar-refractivity contribution >= 4 is 40.5 Å². The first-order valence-electron chi connectivity index (χ1n) is 9.98. The van der Waals surface area contributed by atoms with Gasteiger partial charge >= 0.3 is 5.97 Å². The minimum absolute atomic E-state index is 0.0418. The van der Waals surface area contributed by atoms with Gasteiger partial charge < -0.3 is 20.1 Å². The molecule has 164 valence electrons. The van der Waals surface area contributed by atoms with Gasteiger partial charge in [-0.05, 0) is 31.2 Å². The predicted octanol–water partition coefficient (Wildman–Crippen LogP) is 3.47. The van der Waals surface area contributed by atoms with Crippen LogP contribution in [0.4, 0.5) is 11.4 Å². The third kappa shape index (κ3) is 5.50. The summed E-state index contributed by atoms with van der Waals surface area (Å²) in [4.78, 5) is 40.9. The number of anilines is 2. The number of carbonyl (C=O) groups excluding carboxylic acids is 3. The predicted molar refractivity (Wildman–Crippen MR) is 120 cm³/mol. The molecule has 2 aromatic carbocycles. The Kier molecular flexibility index (Phi) is 6.46. The van der Waals surface area contributed by atoms with Crippen LogP contribution in [0.15, 0.2) is 53.9 Å². The number of esters is 1. The van der Waals surface area contributed by atoms with Crippen molar-refractivity contribution in [1.82, 2.24) is 4.98 Å². The zero-order chi connectivity index (χ0) is 22.5. The summed E-state index contributed by atoms with van der Waals surface area (Å²) in [5.74, 6) is -0.627. The summed E-state index contributed by atoms with van der Waals surface area (Å²) in [6, 6.07) is 14.5. The van der Waals surface area contributed by atoms with Crippen LogP contribution in [-0.2, 0) is 32.1 Å². The number of aryl methyl sites for hydroxylation is 1. The second-order valence-corrected chi connectivity index (χ2v) is 8.22. The molecule has 9 heteroatoms. The van der Waals surface area contributed by atoms with E-state index in [0.29, 0.717) is 22.1 Å². The highest BCUT2D eigenvalue weighted by molar-refractivity contribution is 7.09. The van der Waals surface area contributed by atoms with E-state index in [2.05, 4.69) is 15.6 Å². The average molecular weight is 452 g/mol. The standard InChI is InChI=1S/C23H21N3O5S/c1-14-6-8-15(9-7-14)24-20(27)11-21-25-16(13-32-21)12-30-22(28)10-19-23(29)26-17-4-2-3-5-18(17)31-19/h2-9,13,19H,10-12H2,1H3,(H,24,27)(H,26,29)/t19-/m0/s1. The van der Waals surface area contributed by atoms with Crippen molar-refractivity contribution in [3.8, 4) is 5.75 Å². The lowest BCUT2D eigenvalue weighted by atomic mass is 10.1. The zero-order valence-corrected chi connectivity index (χ0v) is 18.1. The van der Waals surface area contributed by atoms with Crippen LogP contribution in [0.3, 0.4) is 0 Å². The van der Waals surface area contributed by atoms with E-state index in [-0.39, 0.29) is 25.4 Å². The van der Waals surface area contributed by atoms with E-state index in [4.69, 9.17) is 9.47 Å². The van der Waals surface area contributed by atoms with E-state index in [0.717, 1.165) is 11.3 Å². The van der Waals surface area contributed by atoms with Gasteiger partial charge in [-0.2, -0.15) is 0 Å². The van der Waals surface area contributed by atoms with Gasteiger partial charge in [0.25, 0.3) is 5.91 Å². The first-order valence-corrected chi connectivity index (χ1v) is 10.9. The Morgan fingerprint density at radius 3 is 2.78 bits per heavy atom. The van der Waals surface area contributed by atoms with E-state index >= 15 is 0 Å². The van der Waals surface area contributed by atoms with Crippen LogP contribution in [-0.4, -0.2) is 28.9 Å². The minimum atomic E-state index is -0.950. The molecule has 1 aliphatic heterocycles. The number of hydrogen-bond acceptors (Lipinski definition) is 7. The molecule has 2 N–H and O–H groups in total. The molecule has 32 heavy (non-hydrogen) atoms. The van der Waals surface area contributed by atoms with Crippen LogP contribution in [0.5, 0.6) is 5.75 Å². The molecule has 8 nitrogen and oxygen atoms in total. The summed E-state index contributed by atoms with van der Waals surface area (Å²) < 4.78 is 10.8. The second kappa shape index (κ2) is 9.61. The molecule has 0 aliphatic carbocycles. The number of amides is 2. The average Bonchev–Trinajstić information content (AvgIpc) is 3.21. The highest BCUT2D eigenvalue weighted by Crippen LogP contribution is 2.29. The summed E-state index contributed by atoms with van der Waals surface area (Å²) in [5.41, 5.74) is 2.95. The van der Waals surface area contributed by atoms with Crippen molar-refractivity contribution in [2.75, 3.05) is 10.6 Å². The van der Waals surface area contributed by atoms with Crippen LogP contribution < -0.4 is 15.4 Å². The number of nitrogens with zero attached hydrogens (tertiary/aromatic N) is 1. The summed E-state index contributed by atoms with van der Waals surface area (Å²) in [6.07, 6.45) is -1.04. The Labute approximate surface area is 188 Å². The van der Waals surface area contributed by atoms with Gasteiger partial charge in [-0.1, -0.05) is 29.8 Å². The van der Waals surface area contributed by atoms with Crippen LogP contribution in [0.2, 0.25) is 0 Å². The molecule has 0 radical (unpaired) electrons. The maximum atomic E-state index is 12.2. The lowest BCUT2D eigenvalue weighted by Crippen LogP contribution is -2.38. The van der Waals surface area contributed by atoms with E-state index in [1.165, 1.54) is 11.3 Å². The van der Waals surface area contributed by atoms with E-state index in [1.807, 2.05) is 31.2 Å². The van der Waals surface area contributed by atoms with Gasteiger partial charge in [-0.25, -0.2) is 4.98 Å². The lowest BCUT2D eigenvalue weighted by Gasteiger charge is -2.25. The molecule has 0 unspecified atom stereocenters. The van der Waals surface area contributed by atoms with Gasteiger partial charge in [-0.3, -0.25) is 14.4 Å². The molecule has 2 heterocycles. The number of rotatable bonds is 7. The van der Waals surface area contributed by atoms with Gasteiger partial charge in [0.05, 0.1) is 24.2 Å². The number of hydrogen-bond donors (Lipinski definition) is 2. The van der Waals surface area contributed by atoms with E-state index in [9.17, 15) is 14.4 Å². The Morgan fingerprint density at radius 2 is 1.97 bits per heavy atom. The molecule has 0 saturated heterocycles. The number of aromatic nitrogens is 1. The van der Waals surface area contributed by atoms with Gasteiger partial charge in [0.15, 0.2) is 6.10 Å². The van der Waals surface area contributed by atoms with Crippen LogP contribution in [0, 0.1) is 6.92 Å². The highest BCUT2D eigenvalue weighted by atomic mass is 32.1. The summed E-state index contributed by atoms with van der Waals surface area (Å²) >= 11 is 1.32. The fourth-order valence-corrected chi connectivity index (χ4v) is 3.84. The fourth-order valence-electron chi connectivity index (χ4n) is 3.07. The van der Waals surface area contributed by atoms with E-state index < -0.39 is 18.0 Å². The first-order chi connectivity index (χ1) is 15.5. The van der Waals surface area contributed by atoms with Crippen LogP contribution >= 0.6 is 11.3 Å². The first kappa shape index (κ1) is 21.5. The van der Waals surface area contributed by atoms with Crippen molar-refractivity contribution in [1.29, 1.82) is 0 Å². The van der Waals surface area contributed by atoms with Gasteiger partial charge in [-0.15, -0.1) is 11.3 Å². The third-order valence-electron chi connectivity index (χ3n) is 4.69. The van der Waals surface area contributed by atoms with Gasteiger partial charge in [0, 0.05) is 11.1 Å². The van der Waals surface area contributed by atoms with Crippen molar-refractivity contribution in [2.24, 2.45) is 0 Å². The van der Waals surface area contributed by atoms with Crippen LogP contribution in [0.1, 0.15) is 22.7 Å². The molecule has 0 bridgehead atoms. The molecule has 1 atom stereocenters. The molecule has 0 spiro atoms. The smallest absolute Gasteiger partial charge is 0.310 e. The maximum Gasteiger partial charge on any atom is 0.310 e. The number of carbonyl (C=O) groups is 3. The molecule has 1 aliphatic rings. The summed E-state index contributed by atoms with van der Waals surface area (Å²) in [5, 5.41) is 7.89. The number of fused-ring (bicyclic) bond motifs is 1. The van der Waals surface area contributed by atoms with Crippen molar-refractivity contribution in [2.45, 2.75) is 32.5 Å². The van der Waals surface area contributed by atoms with Crippen molar-refractivity contribution in [3.63, 3.8) is 0 Å². The zero-order valence-electron chi connectivity index (χ0n) is 17.3. The Hall–Kier alpha value is -3.72. The van der Waals surface area contributed by atoms with Crippen molar-refractivity contribution in [3.05, 3.63) is 70.2 Å².